The monoisotopic (exact) mass is 556 g/mol. The van der Waals surface area contributed by atoms with E-state index in [1.54, 1.807) is 0 Å². The van der Waals surface area contributed by atoms with Gasteiger partial charge in [-0.1, -0.05) is 135 Å². The molecule has 2 aromatic carbocycles. The average molecular weight is 557 g/mol. The van der Waals surface area contributed by atoms with E-state index in [0.29, 0.717) is 0 Å². The zero-order valence-electron chi connectivity index (χ0n) is 24.9. The molecule has 0 fully saturated rings. The summed E-state index contributed by atoms with van der Waals surface area (Å²) in [5, 5.41) is 43.8. The lowest BCUT2D eigenvalue weighted by atomic mass is 9.94. The summed E-state index contributed by atoms with van der Waals surface area (Å²) < 4.78 is 0. The molecule has 0 bridgehead atoms. The molecule has 212 valence electrons. The van der Waals surface area contributed by atoms with Gasteiger partial charge < -0.3 is 20.4 Å². The maximum atomic E-state index is 10.3. The Labute approximate surface area is 233 Å². The fourth-order valence-corrected chi connectivity index (χ4v) is 10.2. The Kier molecular flexibility index (Phi) is 13.6. The number of aliphatic hydroxyl groups excluding tert-OH is 4. The van der Waals surface area contributed by atoms with Crippen molar-refractivity contribution in [2.24, 2.45) is 23.7 Å². The molecule has 0 radical (unpaired) electrons. The van der Waals surface area contributed by atoms with Crippen molar-refractivity contribution in [2.75, 3.05) is 13.2 Å². The normalized spacial score (nSPS) is 16.7. The van der Waals surface area contributed by atoms with E-state index in [1.807, 2.05) is 39.8 Å². The highest BCUT2D eigenvalue weighted by molar-refractivity contribution is 6.96. The van der Waals surface area contributed by atoms with Crippen LogP contribution in [0, 0.1) is 23.7 Å². The van der Waals surface area contributed by atoms with Gasteiger partial charge in [-0.05, 0) is 11.8 Å². The van der Waals surface area contributed by atoms with E-state index in [2.05, 4.69) is 87.9 Å². The van der Waals surface area contributed by atoms with E-state index in [-0.39, 0.29) is 36.9 Å². The second kappa shape index (κ2) is 15.1. The van der Waals surface area contributed by atoms with Crippen LogP contribution in [-0.2, 0) is 0 Å². The Balaban J connectivity index is 0.000000380. The summed E-state index contributed by atoms with van der Waals surface area (Å²) in [5.74, 6) is -0.229. The Morgan fingerprint density at radius 2 is 0.868 bits per heavy atom. The molecule has 4 nitrogen and oxygen atoms in total. The van der Waals surface area contributed by atoms with Gasteiger partial charge >= 0.3 is 0 Å². The van der Waals surface area contributed by atoms with Gasteiger partial charge in [-0.3, -0.25) is 0 Å². The van der Waals surface area contributed by atoms with Crippen molar-refractivity contribution in [3.8, 4) is 0 Å². The smallest absolute Gasteiger partial charge is 0.107 e. The summed E-state index contributed by atoms with van der Waals surface area (Å²) in [6, 6.07) is 20.8. The van der Waals surface area contributed by atoms with Crippen LogP contribution in [-0.4, -0.2) is 62.0 Å². The van der Waals surface area contributed by atoms with Gasteiger partial charge in [-0.25, -0.2) is 0 Å². The SMILES string of the molecule is C=C([C@H](C)[C@@H](O)[C@@H](C)CO)[Si](C)(C)c1ccccc1.C=C([C@H](C)[C@@H](O)[C@@H](C)CO)[Si](C)(C)c1ccccc1. The number of hydrogen-bond donors (Lipinski definition) is 4. The van der Waals surface area contributed by atoms with Gasteiger partial charge in [-0.15, -0.1) is 13.2 Å². The lowest BCUT2D eigenvalue weighted by Gasteiger charge is -2.34. The van der Waals surface area contributed by atoms with Crippen molar-refractivity contribution in [1.29, 1.82) is 0 Å². The number of hydrogen-bond acceptors (Lipinski definition) is 4. The third-order valence-electron chi connectivity index (χ3n) is 8.46. The van der Waals surface area contributed by atoms with E-state index < -0.39 is 28.4 Å². The molecule has 0 saturated carbocycles. The maximum absolute atomic E-state index is 10.3. The van der Waals surface area contributed by atoms with Gasteiger partial charge in [0, 0.05) is 25.0 Å². The molecule has 0 aliphatic heterocycles. The molecule has 0 unspecified atom stereocenters. The first-order chi connectivity index (χ1) is 17.6. The Bertz CT molecular complexity index is 910. The van der Waals surface area contributed by atoms with Crippen LogP contribution in [0.5, 0.6) is 0 Å². The average Bonchev–Trinajstić information content (AvgIpc) is 2.94. The van der Waals surface area contributed by atoms with Crippen molar-refractivity contribution in [3.05, 3.63) is 84.2 Å². The van der Waals surface area contributed by atoms with E-state index in [9.17, 15) is 20.4 Å². The lowest BCUT2D eigenvalue weighted by Crippen LogP contribution is -2.47. The molecular weight excluding hydrogens is 505 g/mol. The first-order valence-corrected chi connectivity index (χ1v) is 19.7. The fourth-order valence-electron chi connectivity index (χ4n) is 4.83. The topological polar surface area (TPSA) is 80.9 Å². The van der Waals surface area contributed by atoms with Crippen LogP contribution >= 0.6 is 0 Å². The summed E-state index contributed by atoms with van der Waals surface area (Å²) in [4.78, 5) is 0. The summed E-state index contributed by atoms with van der Waals surface area (Å²) in [6.45, 7) is 25.3. The minimum absolute atomic E-state index is 0.00372. The summed E-state index contributed by atoms with van der Waals surface area (Å²) in [6.07, 6.45) is -1.07. The van der Waals surface area contributed by atoms with Crippen LogP contribution in [0.3, 0.4) is 0 Å². The second-order valence-electron chi connectivity index (χ2n) is 11.9. The summed E-state index contributed by atoms with van der Waals surface area (Å²) >= 11 is 0. The predicted octanol–water partition coefficient (Wildman–Crippen LogP) is 4.65. The highest BCUT2D eigenvalue weighted by atomic mass is 28.3. The predicted molar refractivity (Wildman–Crippen MR) is 168 cm³/mol. The first-order valence-electron chi connectivity index (χ1n) is 13.7. The van der Waals surface area contributed by atoms with Crippen LogP contribution in [0.15, 0.2) is 84.2 Å². The van der Waals surface area contributed by atoms with E-state index in [4.69, 9.17) is 0 Å². The van der Waals surface area contributed by atoms with Crippen molar-refractivity contribution in [3.63, 3.8) is 0 Å². The van der Waals surface area contributed by atoms with E-state index in [0.717, 1.165) is 10.4 Å². The number of rotatable bonds is 12. The van der Waals surface area contributed by atoms with Gasteiger partial charge in [0.2, 0.25) is 0 Å². The summed E-state index contributed by atoms with van der Waals surface area (Å²) in [7, 11) is -3.61. The fraction of sp³-hybridized carbons (Fsp3) is 0.500. The molecule has 0 heterocycles. The van der Waals surface area contributed by atoms with Gasteiger partial charge in [0.15, 0.2) is 0 Å². The standard InChI is InChI=1S/2C16H26O2Si/c2*1-12(11-17)16(18)13(2)14(3)19(4,5)15-9-7-6-8-10-15/h2*6-10,12-13,16-18H,3,11H2,1-2,4-5H3/t2*12-,13-,16-/m00/s1. The molecule has 0 aliphatic rings. The molecule has 2 aromatic rings. The molecule has 6 heteroatoms. The highest BCUT2D eigenvalue weighted by Gasteiger charge is 2.35. The van der Waals surface area contributed by atoms with Gasteiger partial charge in [-0.2, -0.15) is 0 Å². The van der Waals surface area contributed by atoms with E-state index in [1.165, 1.54) is 10.4 Å². The zero-order chi connectivity index (χ0) is 29.3. The molecule has 0 aliphatic carbocycles. The van der Waals surface area contributed by atoms with Crippen LogP contribution in [0.1, 0.15) is 27.7 Å². The zero-order valence-corrected chi connectivity index (χ0v) is 26.9. The minimum Gasteiger partial charge on any atom is -0.396 e. The molecule has 0 saturated heterocycles. The Morgan fingerprint density at radius 1 is 0.605 bits per heavy atom. The third kappa shape index (κ3) is 8.60. The van der Waals surface area contributed by atoms with Crippen LogP contribution in [0.4, 0.5) is 0 Å². The van der Waals surface area contributed by atoms with Crippen molar-refractivity contribution >= 4 is 26.5 Å². The summed E-state index contributed by atoms with van der Waals surface area (Å²) in [5.41, 5.74) is 0. The highest BCUT2D eigenvalue weighted by Crippen LogP contribution is 2.28. The molecule has 0 amide bonds. The van der Waals surface area contributed by atoms with Crippen molar-refractivity contribution < 1.29 is 20.4 Å². The van der Waals surface area contributed by atoms with Crippen LogP contribution in [0.25, 0.3) is 0 Å². The van der Waals surface area contributed by atoms with E-state index >= 15 is 0 Å². The quantitative estimate of drug-likeness (QED) is 0.287. The van der Waals surface area contributed by atoms with Crippen molar-refractivity contribution in [2.45, 2.75) is 66.1 Å². The Morgan fingerprint density at radius 3 is 1.11 bits per heavy atom. The lowest BCUT2D eigenvalue weighted by molar-refractivity contribution is 0.0495. The number of benzene rings is 2. The molecule has 0 spiro atoms. The molecule has 6 atom stereocenters. The third-order valence-corrected chi connectivity index (χ3v) is 16.1. The van der Waals surface area contributed by atoms with Crippen molar-refractivity contribution in [1.82, 2.24) is 0 Å². The van der Waals surface area contributed by atoms with Crippen LogP contribution in [0.2, 0.25) is 26.2 Å². The molecule has 38 heavy (non-hydrogen) atoms. The maximum Gasteiger partial charge on any atom is 0.107 e. The number of aliphatic hydroxyl groups is 4. The first kappa shape index (κ1) is 34.2. The molecule has 0 aromatic heterocycles. The van der Waals surface area contributed by atoms with Crippen LogP contribution < -0.4 is 10.4 Å². The molecule has 4 N–H and O–H groups in total. The van der Waals surface area contributed by atoms with Gasteiger partial charge in [0.05, 0.1) is 12.2 Å². The molecule has 2 rings (SSSR count). The van der Waals surface area contributed by atoms with Gasteiger partial charge in [0.25, 0.3) is 0 Å². The van der Waals surface area contributed by atoms with Gasteiger partial charge in [0.1, 0.15) is 16.1 Å². The minimum atomic E-state index is -1.80. The second-order valence-corrected chi connectivity index (χ2v) is 20.8. The molecular formula is C32H52O4Si2. The Hall–Kier alpha value is -1.81. The largest absolute Gasteiger partial charge is 0.396 e.